The van der Waals surface area contributed by atoms with Gasteiger partial charge < -0.3 is 19.3 Å². The highest BCUT2D eigenvalue weighted by Crippen LogP contribution is 2.36. The van der Waals surface area contributed by atoms with E-state index in [0.29, 0.717) is 6.42 Å². The number of rotatable bonds is 40. The molecule has 0 amide bonds. The minimum atomic E-state index is -4.75. The van der Waals surface area contributed by atoms with Gasteiger partial charge >= 0.3 is 19.8 Å². The molecule has 0 radical (unpaired) electrons. The van der Waals surface area contributed by atoms with Crippen LogP contribution in [-0.2, 0) is 28.2 Å². The van der Waals surface area contributed by atoms with E-state index in [4.69, 9.17) is 19.3 Å². The van der Waals surface area contributed by atoms with Crippen LogP contribution in [0, 0.1) is 0 Å². The summed E-state index contributed by atoms with van der Waals surface area (Å²) < 4.78 is 26.4. The van der Waals surface area contributed by atoms with Crippen LogP contribution in [0.1, 0.15) is 219 Å². The second-order valence-corrected chi connectivity index (χ2v) is 15.9. The summed E-state index contributed by atoms with van der Waals surface area (Å²) in [5.41, 5.74) is 0. The fourth-order valence-corrected chi connectivity index (χ4v) is 6.55. The van der Waals surface area contributed by atoms with Crippen molar-refractivity contribution in [3.8, 4) is 0 Å². The van der Waals surface area contributed by atoms with Crippen LogP contribution in [0.5, 0.6) is 0 Å². The van der Waals surface area contributed by atoms with Crippen LogP contribution in [0.4, 0.5) is 0 Å². The molecule has 0 spiro atoms. The molecule has 0 fully saturated rings. The lowest BCUT2D eigenvalue weighted by Crippen LogP contribution is -2.29. The Bertz CT molecular complexity index is 900. The minimum absolute atomic E-state index is 0.208. The number of esters is 2. The molecule has 0 aromatic rings. The van der Waals surface area contributed by atoms with Gasteiger partial charge in [0.1, 0.15) is 6.61 Å². The zero-order valence-corrected chi connectivity index (χ0v) is 34.6. The Hall–Kier alpha value is -1.47. The number of phosphoric ester groups is 1. The van der Waals surface area contributed by atoms with E-state index in [2.05, 4.69) is 42.7 Å². The molecule has 306 valence electrons. The first-order valence-corrected chi connectivity index (χ1v) is 23.2. The van der Waals surface area contributed by atoms with Gasteiger partial charge in [0.05, 0.1) is 6.61 Å². The van der Waals surface area contributed by atoms with Gasteiger partial charge in [0.25, 0.3) is 0 Å². The predicted molar refractivity (Wildman–Crippen MR) is 216 cm³/mol. The Morgan fingerprint density at radius 1 is 0.481 bits per heavy atom. The molecular weight excluding hydrogens is 675 g/mol. The van der Waals surface area contributed by atoms with Crippen molar-refractivity contribution in [2.45, 2.75) is 225 Å². The quantitative estimate of drug-likeness (QED) is 0.0274. The van der Waals surface area contributed by atoms with Crippen LogP contribution >= 0.6 is 7.82 Å². The van der Waals surface area contributed by atoms with Crippen molar-refractivity contribution in [1.29, 1.82) is 0 Å². The number of hydrogen-bond acceptors (Lipinski definition) is 6. The second kappa shape index (κ2) is 39.2. The molecule has 9 heteroatoms. The molecular formula is C43H81O8P. The smallest absolute Gasteiger partial charge is 0.462 e. The number of phosphoric acid groups is 1. The summed E-state index contributed by atoms with van der Waals surface area (Å²) in [4.78, 5) is 42.9. The number of carbonyl (C=O) groups excluding carboxylic acids is 2. The van der Waals surface area contributed by atoms with Crippen LogP contribution in [0.15, 0.2) is 24.3 Å². The summed E-state index contributed by atoms with van der Waals surface area (Å²) in [5, 5.41) is 0. The predicted octanol–water partition coefficient (Wildman–Crippen LogP) is 13.2. The average molecular weight is 757 g/mol. The van der Waals surface area contributed by atoms with Crippen LogP contribution in [0.3, 0.4) is 0 Å². The third-order valence-corrected chi connectivity index (χ3v) is 9.93. The van der Waals surface area contributed by atoms with Crippen LogP contribution in [0.2, 0.25) is 0 Å². The molecule has 0 aromatic carbocycles. The van der Waals surface area contributed by atoms with Gasteiger partial charge in [-0.15, -0.1) is 0 Å². The lowest BCUT2D eigenvalue weighted by atomic mass is 10.1. The normalized spacial score (nSPS) is 12.6. The summed E-state index contributed by atoms with van der Waals surface area (Å²) >= 11 is 0. The third kappa shape index (κ3) is 41.3. The van der Waals surface area contributed by atoms with Crippen molar-refractivity contribution in [3.63, 3.8) is 0 Å². The highest BCUT2D eigenvalue weighted by Gasteiger charge is 2.22. The Labute approximate surface area is 319 Å². The van der Waals surface area contributed by atoms with Crippen molar-refractivity contribution < 1.29 is 37.9 Å². The van der Waals surface area contributed by atoms with Crippen molar-refractivity contribution in [1.82, 2.24) is 0 Å². The zero-order chi connectivity index (χ0) is 38.2. The lowest BCUT2D eigenvalue weighted by molar-refractivity contribution is -0.161. The fraction of sp³-hybridized carbons (Fsp3) is 0.860. The maximum atomic E-state index is 12.4. The molecule has 0 unspecified atom stereocenters. The topological polar surface area (TPSA) is 119 Å². The number of ether oxygens (including phenoxy) is 2. The Kier molecular flexibility index (Phi) is 38.1. The summed E-state index contributed by atoms with van der Waals surface area (Å²) in [5.74, 6) is -0.888. The van der Waals surface area contributed by atoms with Crippen LogP contribution in [0.25, 0.3) is 0 Å². The molecule has 8 nitrogen and oxygen atoms in total. The van der Waals surface area contributed by atoms with Crippen LogP contribution in [-0.4, -0.2) is 41.0 Å². The SMILES string of the molecule is CCCCCCCC/C=C\CCCCCCCCCC(=O)OC[C@H](COP(=O)(O)O)OC(=O)CCCCCCCCC/C=C\CCCCCCCC. The Balaban J connectivity index is 3.90. The number of carbonyl (C=O) groups is 2. The monoisotopic (exact) mass is 757 g/mol. The molecule has 0 saturated heterocycles. The van der Waals surface area contributed by atoms with E-state index in [1.165, 1.54) is 128 Å². The third-order valence-electron chi connectivity index (χ3n) is 9.44. The Morgan fingerprint density at radius 2 is 0.808 bits per heavy atom. The molecule has 0 aromatic heterocycles. The van der Waals surface area contributed by atoms with Crippen molar-refractivity contribution >= 4 is 19.8 Å². The number of unbranched alkanes of at least 4 members (excludes halogenated alkanes) is 26. The molecule has 1 atom stereocenters. The molecule has 2 N–H and O–H groups in total. The standard InChI is InChI=1S/C43H81O8P/c1-3-5-7-9-11-13-15-17-19-21-23-25-27-29-31-33-35-37-42(44)49-39-41(40-50-52(46,47)48)51-43(45)38-36-34-32-30-28-26-24-22-20-18-16-14-12-10-8-6-4-2/h17-20,41H,3-16,21-40H2,1-2H3,(H2,46,47,48)/b19-17-,20-18-/t41-/m1/s1. The largest absolute Gasteiger partial charge is 0.469 e. The Morgan fingerprint density at radius 3 is 1.17 bits per heavy atom. The van der Waals surface area contributed by atoms with Crippen molar-refractivity contribution in [2.75, 3.05) is 13.2 Å². The second-order valence-electron chi connectivity index (χ2n) is 14.7. The maximum absolute atomic E-state index is 12.4. The highest BCUT2D eigenvalue weighted by molar-refractivity contribution is 7.46. The van der Waals surface area contributed by atoms with E-state index < -0.39 is 32.5 Å². The van der Waals surface area contributed by atoms with Gasteiger partial charge in [0, 0.05) is 12.8 Å². The minimum Gasteiger partial charge on any atom is -0.462 e. The number of allylic oxidation sites excluding steroid dienone is 4. The van der Waals surface area contributed by atoms with Gasteiger partial charge in [-0.3, -0.25) is 14.1 Å². The van der Waals surface area contributed by atoms with E-state index >= 15 is 0 Å². The molecule has 0 bridgehead atoms. The summed E-state index contributed by atoms with van der Waals surface area (Å²) in [6.07, 6.45) is 44.7. The summed E-state index contributed by atoms with van der Waals surface area (Å²) in [6.45, 7) is 3.69. The first kappa shape index (κ1) is 50.5. The molecule has 0 heterocycles. The van der Waals surface area contributed by atoms with Gasteiger partial charge in [-0.25, -0.2) is 4.57 Å². The summed E-state index contributed by atoms with van der Waals surface area (Å²) in [6, 6.07) is 0. The molecule has 0 rings (SSSR count). The average Bonchev–Trinajstić information content (AvgIpc) is 3.11. The maximum Gasteiger partial charge on any atom is 0.469 e. The van der Waals surface area contributed by atoms with E-state index in [-0.39, 0.29) is 19.4 Å². The summed E-state index contributed by atoms with van der Waals surface area (Å²) in [7, 11) is -4.75. The van der Waals surface area contributed by atoms with Crippen molar-refractivity contribution in [2.24, 2.45) is 0 Å². The van der Waals surface area contributed by atoms with Gasteiger partial charge in [-0.2, -0.15) is 0 Å². The molecule has 0 aliphatic heterocycles. The lowest BCUT2D eigenvalue weighted by Gasteiger charge is -2.18. The fourth-order valence-electron chi connectivity index (χ4n) is 6.19. The molecule has 52 heavy (non-hydrogen) atoms. The molecule has 0 saturated carbocycles. The molecule has 0 aliphatic rings. The number of hydrogen-bond donors (Lipinski definition) is 2. The van der Waals surface area contributed by atoms with E-state index in [0.717, 1.165) is 57.8 Å². The first-order chi connectivity index (χ1) is 25.3. The molecule has 0 aliphatic carbocycles. The van der Waals surface area contributed by atoms with E-state index in [1.54, 1.807) is 0 Å². The van der Waals surface area contributed by atoms with E-state index in [1.807, 2.05) is 0 Å². The van der Waals surface area contributed by atoms with Gasteiger partial charge in [-0.1, -0.05) is 167 Å². The first-order valence-electron chi connectivity index (χ1n) is 21.6. The van der Waals surface area contributed by atoms with Gasteiger partial charge in [0.15, 0.2) is 6.10 Å². The van der Waals surface area contributed by atoms with Crippen LogP contribution < -0.4 is 0 Å². The van der Waals surface area contributed by atoms with E-state index in [9.17, 15) is 14.2 Å². The highest BCUT2D eigenvalue weighted by atomic mass is 31.2. The van der Waals surface area contributed by atoms with Gasteiger partial charge in [0.2, 0.25) is 0 Å². The van der Waals surface area contributed by atoms with Gasteiger partial charge in [-0.05, 0) is 64.2 Å². The van der Waals surface area contributed by atoms with Crippen molar-refractivity contribution in [3.05, 3.63) is 24.3 Å². The zero-order valence-electron chi connectivity index (χ0n) is 33.7.